The van der Waals surface area contributed by atoms with Crippen LogP contribution in [0, 0.1) is 6.92 Å². The standard InChI is InChI=1S/C22H28N2O5S/c1-6-24(7-2)30(26,27)21-14-18(10-8-16(21)3)23-22(25)11-9-17-12-19(28-4)15-20(13-17)29-5/h8-15H,6-7H2,1-5H3,(H,23,25). The molecule has 2 rings (SSSR count). The maximum absolute atomic E-state index is 12.9. The SMILES string of the molecule is CCN(CC)S(=O)(=O)c1cc(NC(=O)C=Cc2cc(OC)cc(OC)c2)ccc1C. The van der Waals surface area contributed by atoms with E-state index in [1.807, 2.05) is 0 Å². The molecular formula is C22H28N2O5S. The van der Waals surface area contributed by atoms with Gasteiger partial charge in [-0.25, -0.2) is 8.42 Å². The molecule has 0 saturated carbocycles. The van der Waals surface area contributed by atoms with E-state index in [0.717, 1.165) is 5.56 Å². The summed E-state index contributed by atoms with van der Waals surface area (Å²) in [6.45, 7) is 6.07. The molecule has 7 nitrogen and oxygen atoms in total. The molecule has 0 bridgehead atoms. The lowest BCUT2D eigenvalue weighted by Crippen LogP contribution is -2.31. The van der Waals surface area contributed by atoms with Gasteiger partial charge in [-0.1, -0.05) is 19.9 Å². The van der Waals surface area contributed by atoms with Crippen LogP contribution in [0.3, 0.4) is 0 Å². The third kappa shape index (κ3) is 5.61. The molecule has 0 aliphatic rings. The number of nitrogens with zero attached hydrogens (tertiary/aromatic N) is 1. The zero-order valence-electron chi connectivity index (χ0n) is 17.9. The zero-order valence-corrected chi connectivity index (χ0v) is 18.7. The number of aryl methyl sites for hydroxylation is 1. The number of hydrogen-bond donors (Lipinski definition) is 1. The Bertz CT molecular complexity index is 1010. The van der Waals surface area contributed by atoms with Gasteiger partial charge >= 0.3 is 0 Å². The number of sulfonamides is 1. The van der Waals surface area contributed by atoms with E-state index in [0.29, 0.717) is 35.8 Å². The molecule has 0 radical (unpaired) electrons. The molecule has 162 valence electrons. The summed E-state index contributed by atoms with van der Waals surface area (Å²) in [4.78, 5) is 12.6. The maximum Gasteiger partial charge on any atom is 0.248 e. The van der Waals surface area contributed by atoms with Crippen LogP contribution in [0.5, 0.6) is 11.5 Å². The van der Waals surface area contributed by atoms with Crippen LogP contribution in [-0.4, -0.2) is 45.9 Å². The van der Waals surface area contributed by atoms with E-state index in [4.69, 9.17) is 9.47 Å². The van der Waals surface area contributed by atoms with Crippen molar-refractivity contribution < 1.29 is 22.7 Å². The number of ether oxygens (including phenoxy) is 2. The molecule has 0 fully saturated rings. The van der Waals surface area contributed by atoms with Gasteiger partial charge in [-0.05, 0) is 48.4 Å². The first kappa shape index (κ1) is 23.4. The molecule has 8 heteroatoms. The monoisotopic (exact) mass is 432 g/mol. The Kier molecular flexibility index (Phi) is 8.02. The Morgan fingerprint density at radius 3 is 2.17 bits per heavy atom. The molecule has 0 spiro atoms. The Labute approximate surface area is 178 Å². The molecule has 0 aliphatic heterocycles. The lowest BCUT2D eigenvalue weighted by molar-refractivity contribution is -0.111. The third-order valence-electron chi connectivity index (χ3n) is 4.58. The van der Waals surface area contributed by atoms with Gasteiger partial charge in [0.25, 0.3) is 0 Å². The summed E-state index contributed by atoms with van der Waals surface area (Å²) >= 11 is 0. The average Bonchev–Trinajstić information content (AvgIpc) is 2.73. The first-order valence-corrected chi connectivity index (χ1v) is 11.0. The average molecular weight is 433 g/mol. The van der Waals surface area contributed by atoms with Gasteiger partial charge < -0.3 is 14.8 Å². The lowest BCUT2D eigenvalue weighted by atomic mass is 10.2. The first-order chi connectivity index (χ1) is 14.2. The van der Waals surface area contributed by atoms with Crippen LogP contribution in [0.2, 0.25) is 0 Å². The minimum Gasteiger partial charge on any atom is -0.497 e. The van der Waals surface area contributed by atoms with E-state index in [1.54, 1.807) is 71.4 Å². The van der Waals surface area contributed by atoms with Gasteiger partial charge in [0.15, 0.2) is 0 Å². The highest BCUT2D eigenvalue weighted by molar-refractivity contribution is 7.89. The number of amides is 1. The van der Waals surface area contributed by atoms with Crippen LogP contribution in [-0.2, 0) is 14.8 Å². The van der Waals surface area contributed by atoms with Crippen LogP contribution in [0.4, 0.5) is 5.69 Å². The zero-order chi connectivity index (χ0) is 22.3. The summed E-state index contributed by atoms with van der Waals surface area (Å²) in [5, 5.41) is 2.71. The Morgan fingerprint density at radius 1 is 1.03 bits per heavy atom. The van der Waals surface area contributed by atoms with Crippen molar-refractivity contribution in [1.82, 2.24) is 4.31 Å². The Morgan fingerprint density at radius 2 is 1.63 bits per heavy atom. The number of anilines is 1. The number of methoxy groups -OCH3 is 2. The van der Waals surface area contributed by atoms with E-state index < -0.39 is 10.0 Å². The van der Waals surface area contributed by atoms with Gasteiger partial charge in [-0.15, -0.1) is 0 Å². The minimum absolute atomic E-state index is 0.186. The molecule has 0 unspecified atom stereocenters. The van der Waals surface area contributed by atoms with Crippen molar-refractivity contribution in [2.24, 2.45) is 0 Å². The summed E-state index contributed by atoms with van der Waals surface area (Å²) in [5.74, 6) is 0.838. The third-order valence-corrected chi connectivity index (χ3v) is 6.77. The normalized spacial score (nSPS) is 11.7. The second-order valence-corrected chi connectivity index (χ2v) is 8.44. The quantitative estimate of drug-likeness (QED) is 0.611. The number of hydrogen-bond acceptors (Lipinski definition) is 5. The summed E-state index contributed by atoms with van der Waals surface area (Å²) in [6.07, 6.45) is 2.99. The van der Waals surface area contributed by atoms with Crippen molar-refractivity contribution in [3.05, 3.63) is 53.6 Å². The smallest absolute Gasteiger partial charge is 0.248 e. The van der Waals surface area contributed by atoms with Crippen LogP contribution in [0.1, 0.15) is 25.0 Å². The number of benzene rings is 2. The van der Waals surface area contributed by atoms with Crippen molar-refractivity contribution in [3.63, 3.8) is 0 Å². The maximum atomic E-state index is 12.9. The van der Waals surface area contributed by atoms with E-state index in [9.17, 15) is 13.2 Å². The number of rotatable bonds is 9. The highest BCUT2D eigenvalue weighted by Crippen LogP contribution is 2.25. The second-order valence-electron chi connectivity index (χ2n) is 6.54. The molecule has 0 atom stereocenters. The van der Waals surface area contributed by atoms with Crippen LogP contribution in [0.15, 0.2) is 47.4 Å². The predicted molar refractivity (Wildman–Crippen MR) is 118 cm³/mol. The van der Waals surface area contributed by atoms with Crippen molar-refractivity contribution in [3.8, 4) is 11.5 Å². The van der Waals surface area contributed by atoms with Crippen LogP contribution in [0.25, 0.3) is 6.08 Å². The fourth-order valence-electron chi connectivity index (χ4n) is 2.94. The molecule has 0 saturated heterocycles. The van der Waals surface area contributed by atoms with E-state index in [2.05, 4.69) is 5.32 Å². The van der Waals surface area contributed by atoms with Gasteiger partial charge in [0.2, 0.25) is 15.9 Å². The van der Waals surface area contributed by atoms with Gasteiger partial charge in [-0.3, -0.25) is 4.79 Å². The number of carbonyl (C=O) groups is 1. The molecule has 2 aromatic rings. The van der Waals surface area contributed by atoms with E-state index >= 15 is 0 Å². The molecule has 0 aliphatic carbocycles. The minimum atomic E-state index is -3.62. The van der Waals surface area contributed by atoms with Gasteiger partial charge in [0.05, 0.1) is 19.1 Å². The molecule has 30 heavy (non-hydrogen) atoms. The highest BCUT2D eigenvalue weighted by Gasteiger charge is 2.23. The van der Waals surface area contributed by atoms with E-state index in [-0.39, 0.29) is 10.8 Å². The van der Waals surface area contributed by atoms with Crippen molar-refractivity contribution in [2.45, 2.75) is 25.7 Å². The summed E-state index contributed by atoms with van der Waals surface area (Å²) < 4.78 is 37.5. The Hall–Kier alpha value is -2.84. The lowest BCUT2D eigenvalue weighted by Gasteiger charge is -2.20. The molecule has 0 aromatic heterocycles. The topological polar surface area (TPSA) is 84.9 Å². The van der Waals surface area contributed by atoms with Gasteiger partial charge in [-0.2, -0.15) is 4.31 Å². The molecular weight excluding hydrogens is 404 g/mol. The summed E-state index contributed by atoms with van der Waals surface area (Å²) in [5.41, 5.74) is 1.76. The van der Waals surface area contributed by atoms with Gasteiger partial charge in [0, 0.05) is 30.9 Å². The van der Waals surface area contributed by atoms with E-state index in [1.165, 1.54) is 16.4 Å². The first-order valence-electron chi connectivity index (χ1n) is 9.58. The fourth-order valence-corrected chi connectivity index (χ4v) is 4.65. The largest absolute Gasteiger partial charge is 0.497 e. The summed E-state index contributed by atoms with van der Waals surface area (Å²) in [7, 11) is -0.521. The van der Waals surface area contributed by atoms with Gasteiger partial charge in [0.1, 0.15) is 11.5 Å². The van der Waals surface area contributed by atoms with Crippen LogP contribution < -0.4 is 14.8 Å². The van der Waals surface area contributed by atoms with Crippen molar-refractivity contribution >= 4 is 27.7 Å². The highest BCUT2D eigenvalue weighted by atomic mass is 32.2. The molecule has 0 heterocycles. The molecule has 1 N–H and O–H groups in total. The molecule has 1 amide bonds. The molecule has 2 aromatic carbocycles. The fraction of sp³-hybridized carbons (Fsp3) is 0.318. The number of carbonyl (C=O) groups excluding carboxylic acids is 1. The Balaban J connectivity index is 2.23. The second kappa shape index (κ2) is 10.3. The predicted octanol–water partition coefficient (Wildman–Crippen LogP) is 3.69. The van der Waals surface area contributed by atoms with Crippen LogP contribution >= 0.6 is 0 Å². The van der Waals surface area contributed by atoms with Crippen molar-refractivity contribution in [1.29, 1.82) is 0 Å². The summed E-state index contributed by atoms with van der Waals surface area (Å²) in [6, 6.07) is 10.1. The van der Waals surface area contributed by atoms with Crippen molar-refractivity contribution in [2.75, 3.05) is 32.6 Å². The number of nitrogens with one attached hydrogen (secondary N) is 1.